The lowest BCUT2D eigenvalue weighted by molar-refractivity contribution is -0.114. The third-order valence-electron chi connectivity index (χ3n) is 4.35. The maximum Gasteiger partial charge on any atom is 0.251 e. The summed E-state index contributed by atoms with van der Waals surface area (Å²) in [5.74, 6) is 1.31. The maximum atomic E-state index is 12.7. The fourth-order valence-electron chi connectivity index (χ4n) is 3.02. The number of benzene rings is 2. The molecule has 6 nitrogen and oxygen atoms in total. The van der Waals surface area contributed by atoms with Crippen molar-refractivity contribution in [2.75, 3.05) is 18.5 Å². The van der Waals surface area contributed by atoms with Crippen LogP contribution in [0.1, 0.15) is 42.7 Å². The second kappa shape index (κ2) is 8.12. The molecule has 0 aromatic heterocycles. The Morgan fingerprint density at radius 3 is 2.26 bits per heavy atom. The molecule has 1 heterocycles. The molecule has 0 spiro atoms. The zero-order chi connectivity index (χ0) is 19.4. The van der Waals surface area contributed by atoms with Crippen molar-refractivity contribution < 1.29 is 19.1 Å². The van der Waals surface area contributed by atoms with Gasteiger partial charge in [-0.2, -0.15) is 0 Å². The van der Waals surface area contributed by atoms with Gasteiger partial charge >= 0.3 is 0 Å². The number of hydrogen-bond acceptors (Lipinski definition) is 4. The standard InChI is InChI=1S/C21H24N2O4/c1-13(2)20(16-6-9-18-19(12-16)27-11-10-26-18)23-21(25)15-4-7-17(8-5-15)22-14(3)24/h4-9,12-13,20H,10-11H2,1-3H3,(H,22,24)(H,23,25). The van der Waals surface area contributed by atoms with Gasteiger partial charge in [-0.05, 0) is 47.9 Å². The van der Waals surface area contributed by atoms with Crippen molar-refractivity contribution in [3.05, 3.63) is 53.6 Å². The molecule has 0 bridgehead atoms. The van der Waals surface area contributed by atoms with Crippen LogP contribution in [0.25, 0.3) is 0 Å². The Labute approximate surface area is 158 Å². The molecule has 1 atom stereocenters. The number of carbonyl (C=O) groups excluding carboxylic acids is 2. The minimum absolute atomic E-state index is 0.148. The third-order valence-corrected chi connectivity index (χ3v) is 4.35. The first-order valence-corrected chi connectivity index (χ1v) is 9.02. The molecule has 3 rings (SSSR count). The summed E-state index contributed by atoms with van der Waals surface area (Å²) in [5.41, 5.74) is 2.16. The third kappa shape index (κ3) is 4.58. The van der Waals surface area contributed by atoms with E-state index in [-0.39, 0.29) is 23.8 Å². The van der Waals surface area contributed by atoms with Crippen LogP contribution in [0, 0.1) is 5.92 Å². The number of rotatable bonds is 5. The molecule has 6 heteroatoms. The molecule has 27 heavy (non-hydrogen) atoms. The Balaban J connectivity index is 1.76. The highest BCUT2D eigenvalue weighted by molar-refractivity contribution is 5.95. The van der Waals surface area contributed by atoms with Crippen LogP contribution in [0.15, 0.2) is 42.5 Å². The van der Waals surface area contributed by atoms with E-state index in [1.807, 2.05) is 18.2 Å². The highest BCUT2D eigenvalue weighted by Gasteiger charge is 2.22. The molecular weight excluding hydrogens is 344 g/mol. The molecule has 2 amide bonds. The summed E-state index contributed by atoms with van der Waals surface area (Å²) < 4.78 is 11.2. The predicted molar refractivity (Wildman–Crippen MR) is 103 cm³/mol. The second-order valence-electron chi connectivity index (χ2n) is 6.86. The summed E-state index contributed by atoms with van der Waals surface area (Å²) in [4.78, 5) is 23.8. The van der Waals surface area contributed by atoms with E-state index in [0.29, 0.717) is 30.2 Å². The average molecular weight is 368 g/mol. The van der Waals surface area contributed by atoms with E-state index in [1.165, 1.54) is 6.92 Å². The fraction of sp³-hybridized carbons (Fsp3) is 0.333. The van der Waals surface area contributed by atoms with Gasteiger partial charge in [0.25, 0.3) is 5.91 Å². The molecule has 0 fully saturated rings. The molecule has 0 aliphatic carbocycles. The molecule has 142 valence electrons. The van der Waals surface area contributed by atoms with E-state index in [9.17, 15) is 9.59 Å². The van der Waals surface area contributed by atoms with Crippen molar-refractivity contribution >= 4 is 17.5 Å². The first-order chi connectivity index (χ1) is 12.9. The van der Waals surface area contributed by atoms with Crippen molar-refractivity contribution in [2.24, 2.45) is 5.92 Å². The second-order valence-corrected chi connectivity index (χ2v) is 6.86. The van der Waals surface area contributed by atoms with Gasteiger partial charge < -0.3 is 20.1 Å². The van der Waals surface area contributed by atoms with Crippen LogP contribution in [0.4, 0.5) is 5.69 Å². The van der Waals surface area contributed by atoms with Crippen molar-refractivity contribution in [1.29, 1.82) is 0 Å². The number of nitrogens with one attached hydrogen (secondary N) is 2. The molecule has 0 saturated carbocycles. The van der Waals surface area contributed by atoms with Gasteiger partial charge in [-0.25, -0.2) is 0 Å². The minimum Gasteiger partial charge on any atom is -0.486 e. The van der Waals surface area contributed by atoms with E-state index in [0.717, 1.165) is 11.3 Å². The zero-order valence-corrected chi connectivity index (χ0v) is 15.7. The summed E-state index contributed by atoms with van der Waals surface area (Å²) >= 11 is 0. The van der Waals surface area contributed by atoms with E-state index >= 15 is 0 Å². The molecule has 1 unspecified atom stereocenters. The molecule has 2 N–H and O–H groups in total. The number of fused-ring (bicyclic) bond motifs is 1. The van der Waals surface area contributed by atoms with Crippen LogP contribution in [-0.2, 0) is 4.79 Å². The molecule has 0 radical (unpaired) electrons. The predicted octanol–water partition coefficient (Wildman–Crippen LogP) is 3.54. The van der Waals surface area contributed by atoms with Gasteiger partial charge in [0, 0.05) is 18.2 Å². The van der Waals surface area contributed by atoms with E-state index < -0.39 is 0 Å². The van der Waals surface area contributed by atoms with Crippen LogP contribution in [0.5, 0.6) is 11.5 Å². The lowest BCUT2D eigenvalue weighted by Crippen LogP contribution is -2.32. The number of carbonyl (C=O) groups is 2. The normalized spacial score (nSPS) is 13.8. The first kappa shape index (κ1) is 18.8. The van der Waals surface area contributed by atoms with Gasteiger partial charge in [0.1, 0.15) is 13.2 Å². The van der Waals surface area contributed by atoms with Crippen molar-refractivity contribution in [3.8, 4) is 11.5 Å². The molecule has 1 aliphatic rings. The molecule has 2 aromatic carbocycles. The summed E-state index contributed by atoms with van der Waals surface area (Å²) in [6, 6.07) is 12.4. The van der Waals surface area contributed by atoms with Gasteiger partial charge in [-0.15, -0.1) is 0 Å². The van der Waals surface area contributed by atoms with Crippen LogP contribution in [-0.4, -0.2) is 25.0 Å². The van der Waals surface area contributed by atoms with Gasteiger partial charge in [0.15, 0.2) is 11.5 Å². The van der Waals surface area contributed by atoms with Gasteiger partial charge in [0.05, 0.1) is 6.04 Å². The van der Waals surface area contributed by atoms with Crippen molar-refractivity contribution in [1.82, 2.24) is 5.32 Å². The minimum atomic E-state index is -0.169. The van der Waals surface area contributed by atoms with Gasteiger partial charge in [0.2, 0.25) is 5.91 Å². The molecule has 2 aromatic rings. The molecular formula is C21H24N2O4. The Morgan fingerprint density at radius 1 is 0.963 bits per heavy atom. The van der Waals surface area contributed by atoms with Gasteiger partial charge in [-0.3, -0.25) is 9.59 Å². The van der Waals surface area contributed by atoms with Crippen molar-refractivity contribution in [2.45, 2.75) is 26.8 Å². The summed E-state index contributed by atoms with van der Waals surface area (Å²) in [7, 11) is 0. The summed E-state index contributed by atoms with van der Waals surface area (Å²) in [5, 5.41) is 5.78. The zero-order valence-electron chi connectivity index (χ0n) is 15.7. The molecule has 1 aliphatic heterocycles. The number of ether oxygens (including phenoxy) is 2. The lowest BCUT2D eigenvalue weighted by Gasteiger charge is -2.25. The number of amides is 2. The summed E-state index contributed by atoms with van der Waals surface area (Å²) in [6.07, 6.45) is 0. The largest absolute Gasteiger partial charge is 0.486 e. The lowest BCUT2D eigenvalue weighted by atomic mass is 9.95. The highest BCUT2D eigenvalue weighted by atomic mass is 16.6. The van der Waals surface area contributed by atoms with E-state index in [1.54, 1.807) is 24.3 Å². The Morgan fingerprint density at radius 2 is 1.63 bits per heavy atom. The molecule has 0 saturated heterocycles. The van der Waals surface area contributed by atoms with Crippen LogP contribution >= 0.6 is 0 Å². The van der Waals surface area contributed by atoms with Crippen molar-refractivity contribution in [3.63, 3.8) is 0 Å². The topological polar surface area (TPSA) is 76.7 Å². The Bertz CT molecular complexity index is 831. The highest BCUT2D eigenvalue weighted by Crippen LogP contribution is 2.34. The fourth-order valence-corrected chi connectivity index (χ4v) is 3.02. The smallest absolute Gasteiger partial charge is 0.251 e. The first-order valence-electron chi connectivity index (χ1n) is 9.02. The van der Waals surface area contributed by atoms with Gasteiger partial charge in [-0.1, -0.05) is 19.9 Å². The Kier molecular flexibility index (Phi) is 5.64. The monoisotopic (exact) mass is 368 g/mol. The van der Waals surface area contributed by atoms with E-state index in [2.05, 4.69) is 24.5 Å². The SMILES string of the molecule is CC(=O)Nc1ccc(C(=O)NC(c2ccc3c(c2)OCCO3)C(C)C)cc1. The quantitative estimate of drug-likeness (QED) is 0.846. The average Bonchev–Trinajstić information content (AvgIpc) is 2.65. The van der Waals surface area contributed by atoms with E-state index in [4.69, 9.17) is 9.47 Å². The summed E-state index contributed by atoms with van der Waals surface area (Å²) in [6.45, 7) is 6.63. The number of anilines is 1. The van der Waals surface area contributed by atoms with Crippen LogP contribution in [0.2, 0.25) is 0 Å². The van der Waals surface area contributed by atoms with Crippen LogP contribution < -0.4 is 20.1 Å². The van der Waals surface area contributed by atoms with Crippen LogP contribution in [0.3, 0.4) is 0 Å². The maximum absolute atomic E-state index is 12.7. The number of hydrogen-bond donors (Lipinski definition) is 2. The Hall–Kier alpha value is -3.02.